The lowest BCUT2D eigenvalue weighted by Gasteiger charge is -2.17. The lowest BCUT2D eigenvalue weighted by molar-refractivity contribution is -0.386. The van der Waals surface area contributed by atoms with E-state index < -0.39 is 22.4 Å². The minimum absolute atomic E-state index is 0.00786. The number of aromatic nitrogens is 2. The maximum absolute atomic E-state index is 12.1. The largest absolute Gasteiger partial charge is 0.370 e. The van der Waals surface area contributed by atoms with E-state index in [0.717, 1.165) is 0 Å². The molecule has 2 heterocycles. The number of rotatable bonds is 6. The first-order valence-corrected chi connectivity index (χ1v) is 8.72. The van der Waals surface area contributed by atoms with Crippen LogP contribution in [0.5, 0.6) is 0 Å². The summed E-state index contributed by atoms with van der Waals surface area (Å²) in [6.07, 6.45) is 1.41. The van der Waals surface area contributed by atoms with Gasteiger partial charge in [-0.2, -0.15) is 0 Å². The Morgan fingerprint density at radius 3 is 2.81 bits per heavy atom. The molecule has 1 saturated heterocycles. The molecule has 0 bridgehead atoms. The molecule has 3 rings (SSSR count). The van der Waals surface area contributed by atoms with Crippen molar-refractivity contribution in [2.45, 2.75) is 51.7 Å². The lowest BCUT2D eigenvalue weighted by atomic mass is 10.1. The summed E-state index contributed by atoms with van der Waals surface area (Å²) >= 11 is 0. The highest BCUT2D eigenvalue weighted by Gasteiger charge is 2.36. The number of hydrogen-bond acceptors (Lipinski definition) is 6. The van der Waals surface area contributed by atoms with Crippen LogP contribution in [0.25, 0.3) is 0 Å². The lowest BCUT2D eigenvalue weighted by Crippen LogP contribution is -2.33. The summed E-state index contributed by atoms with van der Waals surface area (Å²) < 4.78 is 13.2. The molecule has 0 spiro atoms. The quantitative estimate of drug-likeness (QED) is 0.610. The fourth-order valence-electron chi connectivity index (χ4n) is 3.22. The number of nitro benzene ring substituents is 1. The van der Waals surface area contributed by atoms with E-state index in [-0.39, 0.29) is 24.5 Å². The Kier molecular flexibility index (Phi) is 5.52. The van der Waals surface area contributed by atoms with Crippen LogP contribution in [-0.4, -0.2) is 26.7 Å². The predicted molar refractivity (Wildman–Crippen MR) is 96.6 cm³/mol. The molecule has 9 heteroatoms. The van der Waals surface area contributed by atoms with E-state index in [1.54, 1.807) is 25.1 Å². The van der Waals surface area contributed by atoms with E-state index in [2.05, 4.69) is 4.98 Å². The molecule has 0 amide bonds. The molecule has 3 unspecified atom stereocenters. The molecule has 0 aliphatic carbocycles. The monoisotopic (exact) mass is 375 g/mol. The zero-order chi connectivity index (χ0) is 19.6. The first kappa shape index (κ1) is 19.0. The standard InChI is InChI=1S/C18H21N3O6/c1-3-14-15(26-10-12-6-4-5-7-13(12)21(24)25)8-16(27-14)20-9-11(2)17(22)19-18(20)23/h4-7,9,14-16H,3,8,10H2,1-2H3,(H,19,22,23). The molecular formula is C18H21N3O6. The van der Waals surface area contributed by atoms with Gasteiger partial charge < -0.3 is 9.47 Å². The third kappa shape index (κ3) is 3.99. The van der Waals surface area contributed by atoms with Gasteiger partial charge in [0.25, 0.3) is 11.2 Å². The average Bonchev–Trinajstić information content (AvgIpc) is 3.06. The molecule has 1 aliphatic heterocycles. The summed E-state index contributed by atoms with van der Waals surface area (Å²) in [7, 11) is 0. The van der Waals surface area contributed by atoms with Gasteiger partial charge in [0, 0.05) is 24.2 Å². The van der Waals surface area contributed by atoms with Crippen LogP contribution in [0.3, 0.4) is 0 Å². The van der Waals surface area contributed by atoms with Crippen molar-refractivity contribution in [3.05, 3.63) is 72.5 Å². The van der Waals surface area contributed by atoms with Crippen LogP contribution in [-0.2, 0) is 16.1 Å². The van der Waals surface area contributed by atoms with Gasteiger partial charge in [-0.15, -0.1) is 0 Å². The summed E-state index contributed by atoms with van der Waals surface area (Å²) in [5.74, 6) is 0. The number of aromatic amines is 1. The Labute approximate surface area is 154 Å². The Morgan fingerprint density at radius 1 is 1.37 bits per heavy atom. The second-order valence-corrected chi connectivity index (χ2v) is 6.49. The minimum Gasteiger partial charge on any atom is -0.370 e. The zero-order valence-electron chi connectivity index (χ0n) is 15.1. The maximum Gasteiger partial charge on any atom is 0.330 e. The second kappa shape index (κ2) is 7.85. The molecule has 1 fully saturated rings. The van der Waals surface area contributed by atoms with Gasteiger partial charge in [0.2, 0.25) is 0 Å². The van der Waals surface area contributed by atoms with Gasteiger partial charge in [-0.05, 0) is 19.4 Å². The molecule has 144 valence electrons. The van der Waals surface area contributed by atoms with Crippen molar-refractivity contribution in [2.75, 3.05) is 0 Å². The molecule has 1 aromatic carbocycles. The van der Waals surface area contributed by atoms with Crippen LogP contribution < -0.4 is 11.2 Å². The van der Waals surface area contributed by atoms with Crippen LogP contribution in [0, 0.1) is 17.0 Å². The highest BCUT2D eigenvalue weighted by atomic mass is 16.6. The normalized spacial score (nSPS) is 22.1. The number of ether oxygens (including phenoxy) is 2. The SMILES string of the molecule is CCC1OC(n2cc(C)c(=O)[nH]c2=O)CC1OCc1ccccc1[N+](=O)[O-]. The van der Waals surface area contributed by atoms with Crippen LogP contribution >= 0.6 is 0 Å². The number of hydrogen-bond donors (Lipinski definition) is 1. The van der Waals surface area contributed by atoms with Gasteiger partial charge in [-0.1, -0.05) is 19.1 Å². The Morgan fingerprint density at radius 2 is 2.11 bits per heavy atom. The summed E-state index contributed by atoms with van der Waals surface area (Å²) in [6.45, 7) is 3.63. The number of benzene rings is 1. The Balaban J connectivity index is 1.76. The van der Waals surface area contributed by atoms with Crippen LogP contribution in [0.1, 0.15) is 37.1 Å². The van der Waals surface area contributed by atoms with Gasteiger partial charge >= 0.3 is 5.69 Å². The highest BCUT2D eigenvalue weighted by Crippen LogP contribution is 2.32. The Bertz CT molecular complexity index is 951. The van der Waals surface area contributed by atoms with E-state index in [0.29, 0.717) is 24.0 Å². The number of H-pyrrole nitrogens is 1. The molecule has 1 aromatic heterocycles. The van der Waals surface area contributed by atoms with Crippen molar-refractivity contribution < 1.29 is 14.4 Å². The van der Waals surface area contributed by atoms with E-state index >= 15 is 0 Å². The van der Waals surface area contributed by atoms with Crippen LogP contribution in [0.4, 0.5) is 5.69 Å². The minimum atomic E-state index is -0.561. The summed E-state index contributed by atoms with van der Waals surface area (Å²) in [4.78, 5) is 36.6. The average molecular weight is 375 g/mol. The first-order valence-electron chi connectivity index (χ1n) is 8.72. The van der Waals surface area contributed by atoms with Crippen molar-refractivity contribution >= 4 is 5.69 Å². The fourth-order valence-corrected chi connectivity index (χ4v) is 3.22. The third-order valence-electron chi connectivity index (χ3n) is 4.68. The van der Waals surface area contributed by atoms with Crippen molar-refractivity contribution in [2.24, 2.45) is 0 Å². The maximum atomic E-state index is 12.1. The van der Waals surface area contributed by atoms with Gasteiger partial charge in [0.1, 0.15) is 6.23 Å². The number of nitrogens with one attached hydrogen (secondary N) is 1. The van der Waals surface area contributed by atoms with Crippen molar-refractivity contribution in [3.8, 4) is 0 Å². The van der Waals surface area contributed by atoms with Crippen molar-refractivity contribution in [1.29, 1.82) is 0 Å². The second-order valence-electron chi connectivity index (χ2n) is 6.49. The van der Waals surface area contributed by atoms with E-state index in [9.17, 15) is 19.7 Å². The molecule has 27 heavy (non-hydrogen) atoms. The Hall–Kier alpha value is -2.78. The number of nitrogens with zero attached hydrogens (tertiary/aromatic N) is 2. The van der Waals surface area contributed by atoms with E-state index in [1.807, 2.05) is 6.92 Å². The van der Waals surface area contributed by atoms with Gasteiger partial charge in [-0.3, -0.25) is 24.5 Å². The summed E-state index contributed by atoms with van der Waals surface area (Å²) in [5.41, 5.74) is -0.0582. The zero-order valence-corrected chi connectivity index (χ0v) is 15.1. The third-order valence-corrected chi connectivity index (χ3v) is 4.68. The number of nitro groups is 1. The summed E-state index contributed by atoms with van der Waals surface area (Å²) in [6, 6.07) is 6.42. The molecular weight excluding hydrogens is 354 g/mol. The van der Waals surface area contributed by atoms with Gasteiger partial charge in [0.15, 0.2) is 0 Å². The molecule has 0 saturated carbocycles. The fraction of sp³-hybridized carbons (Fsp3) is 0.444. The van der Waals surface area contributed by atoms with Crippen LogP contribution in [0.2, 0.25) is 0 Å². The molecule has 2 aromatic rings. The highest BCUT2D eigenvalue weighted by molar-refractivity contribution is 5.39. The van der Waals surface area contributed by atoms with E-state index in [1.165, 1.54) is 16.8 Å². The predicted octanol–water partition coefficient (Wildman–Crippen LogP) is 2.04. The molecule has 3 atom stereocenters. The molecule has 0 radical (unpaired) electrons. The van der Waals surface area contributed by atoms with Gasteiger partial charge in [-0.25, -0.2) is 4.79 Å². The smallest absolute Gasteiger partial charge is 0.330 e. The number of aryl methyl sites for hydroxylation is 1. The summed E-state index contributed by atoms with van der Waals surface area (Å²) in [5, 5.41) is 11.1. The van der Waals surface area contributed by atoms with E-state index in [4.69, 9.17) is 9.47 Å². The van der Waals surface area contributed by atoms with Gasteiger partial charge in [0.05, 0.1) is 29.3 Å². The molecule has 9 nitrogen and oxygen atoms in total. The number of para-hydroxylation sites is 1. The molecule has 1 aliphatic rings. The van der Waals surface area contributed by atoms with Crippen molar-refractivity contribution in [3.63, 3.8) is 0 Å². The van der Waals surface area contributed by atoms with Crippen molar-refractivity contribution in [1.82, 2.24) is 9.55 Å². The first-order chi connectivity index (χ1) is 12.9. The topological polar surface area (TPSA) is 116 Å². The molecule has 1 N–H and O–H groups in total. The van der Waals surface area contributed by atoms with Crippen LogP contribution in [0.15, 0.2) is 40.1 Å².